The Morgan fingerprint density at radius 1 is 1.28 bits per heavy atom. The molecule has 0 fully saturated rings. The molecule has 3 heteroatoms. The Kier molecular flexibility index (Phi) is 8.25. The zero-order valence-electron chi connectivity index (χ0n) is 12.9. The second-order valence-corrected chi connectivity index (χ2v) is 6.43. The number of unbranched alkanes of at least 4 members (excludes halogenated alkanes) is 2. The highest BCUT2D eigenvalue weighted by Gasteiger charge is 2.23. The van der Waals surface area contributed by atoms with E-state index in [1.54, 1.807) is 0 Å². The van der Waals surface area contributed by atoms with Gasteiger partial charge in [-0.15, -0.1) is 0 Å². The molecule has 18 heavy (non-hydrogen) atoms. The summed E-state index contributed by atoms with van der Waals surface area (Å²) in [5, 5.41) is 3.06. The van der Waals surface area contributed by atoms with Gasteiger partial charge in [0.25, 0.3) is 0 Å². The molecule has 108 valence electrons. The fraction of sp³-hybridized carbons (Fsp3) is 0.933. The van der Waals surface area contributed by atoms with Gasteiger partial charge in [0.1, 0.15) is 0 Å². The molecule has 0 aliphatic carbocycles. The van der Waals surface area contributed by atoms with Crippen LogP contribution in [0.2, 0.25) is 0 Å². The second kappa shape index (κ2) is 8.52. The number of hydrogen-bond acceptors (Lipinski definition) is 2. The van der Waals surface area contributed by atoms with Crippen LogP contribution in [0.5, 0.6) is 0 Å². The van der Waals surface area contributed by atoms with Gasteiger partial charge in [-0.1, -0.05) is 53.9 Å². The van der Waals surface area contributed by atoms with Crippen molar-refractivity contribution >= 4 is 5.91 Å². The fourth-order valence-corrected chi connectivity index (χ4v) is 2.08. The number of nitrogens with two attached hydrogens (primary N) is 1. The average molecular weight is 256 g/mol. The Hall–Kier alpha value is -0.570. The lowest BCUT2D eigenvalue weighted by atomic mass is 9.86. The van der Waals surface area contributed by atoms with Crippen LogP contribution < -0.4 is 11.1 Å². The molecule has 1 unspecified atom stereocenters. The number of hydrogen-bond donors (Lipinski definition) is 2. The van der Waals surface area contributed by atoms with Crippen molar-refractivity contribution in [1.82, 2.24) is 5.32 Å². The van der Waals surface area contributed by atoms with Crippen molar-refractivity contribution in [2.75, 3.05) is 13.1 Å². The third kappa shape index (κ3) is 7.00. The lowest BCUT2D eigenvalue weighted by Gasteiger charge is -2.27. The molecule has 0 aromatic rings. The topological polar surface area (TPSA) is 55.1 Å². The average Bonchev–Trinajstić information content (AvgIpc) is 2.27. The van der Waals surface area contributed by atoms with E-state index in [2.05, 4.69) is 26.1 Å². The summed E-state index contributed by atoms with van der Waals surface area (Å²) in [5.41, 5.74) is 5.83. The van der Waals surface area contributed by atoms with Crippen molar-refractivity contribution in [3.63, 3.8) is 0 Å². The molecule has 0 aromatic carbocycles. The summed E-state index contributed by atoms with van der Waals surface area (Å²) in [4.78, 5) is 12.0. The summed E-state index contributed by atoms with van der Waals surface area (Å²) in [6, 6.07) is 0. The summed E-state index contributed by atoms with van der Waals surface area (Å²) in [6.07, 6.45) is 4.92. The van der Waals surface area contributed by atoms with E-state index < -0.39 is 0 Å². The van der Waals surface area contributed by atoms with Crippen LogP contribution >= 0.6 is 0 Å². The molecule has 3 N–H and O–H groups in total. The van der Waals surface area contributed by atoms with Crippen LogP contribution in [0.15, 0.2) is 0 Å². The van der Waals surface area contributed by atoms with Gasteiger partial charge in [-0.25, -0.2) is 0 Å². The quantitative estimate of drug-likeness (QED) is 0.623. The van der Waals surface area contributed by atoms with Gasteiger partial charge in [-0.2, -0.15) is 0 Å². The molecule has 0 aromatic heterocycles. The van der Waals surface area contributed by atoms with E-state index in [1.165, 1.54) is 19.3 Å². The van der Waals surface area contributed by atoms with Crippen molar-refractivity contribution in [2.24, 2.45) is 23.0 Å². The summed E-state index contributed by atoms with van der Waals surface area (Å²) < 4.78 is 0. The maximum Gasteiger partial charge on any atom is 0.224 e. The molecule has 0 radical (unpaired) electrons. The summed E-state index contributed by atoms with van der Waals surface area (Å²) >= 11 is 0. The molecule has 1 amide bonds. The van der Waals surface area contributed by atoms with Gasteiger partial charge in [0.15, 0.2) is 0 Å². The van der Waals surface area contributed by atoms with Crippen LogP contribution in [0, 0.1) is 17.3 Å². The smallest absolute Gasteiger partial charge is 0.224 e. The lowest BCUT2D eigenvalue weighted by Crippen LogP contribution is -2.42. The predicted octanol–water partition coefficient (Wildman–Crippen LogP) is 2.94. The highest BCUT2D eigenvalue weighted by Crippen LogP contribution is 2.23. The number of rotatable bonds is 9. The Balaban J connectivity index is 4.09. The molecule has 1 atom stereocenters. The van der Waals surface area contributed by atoms with Crippen LogP contribution in [-0.4, -0.2) is 19.0 Å². The van der Waals surface area contributed by atoms with E-state index in [1.807, 2.05) is 13.8 Å². The van der Waals surface area contributed by atoms with E-state index >= 15 is 0 Å². The number of nitrogens with one attached hydrogen (secondary N) is 1. The predicted molar refractivity (Wildman–Crippen MR) is 78.3 cm³/mol. The van der Waals surface area contributed by atoms with Gasteiger partial charge < -0.3 is 11.1 Å². The maximum absolute atomic E-state index is 12.0. The normalized spacial score (nSPS) is 13.7. The van der Waals surface area contributed by atoms with Gasteiger partial charge >= 0.3 is 0 Å². The van der Waals surface area contributed by atoms with Gasteiger partial charge in [0.05, 0.1) is 5.92 Å². The van der Waals surface area contributed by atoms with Gasteiger partial charge in [0, 0.05) is 13.1 Å². The monoisotopic (exact) mass is 256 g/mol. The van der Waals surface area contributed by atoms with Crippen molar-refractivity contribution in [3.05, 3.63) is 0 Å². The third-order valence-electron chi connectivity index (χ3n) is 3.59. The standard InChI is InChI=1S/C15H32N2O/c1-6-7-8-9-15(4,5)11-17-14(18)13(10-16)12(2)3/h12-13H,6-11,16H2,1-5H3,(H,17,18). The molecule has 3 nitrogen and oxygen atoms in total. The van der Waals surface area contributed by atoms with E-state index in [0.29, 0.717) is 12.5 Å². The molecule has 0 heterocycles. The van der Waals surface area contributed by atoms with Crippen LogP contribution in [-0.2, 0) is 4.79 Å². The van der Waals surface area contributed by atoms with Crippen molar-refractivity contribution in [1.29, 1.82) is 0 Å². The molecular weight excluding hydrogens is 224 g/mol. The first-order chi connectivity index (χ1) is 8.34. The Bertz CT molecular complexity index is 237. The number of amides is 1. The number of carbonyl (C=O) groups excluding carboxylic acids is 1. The zero-order valence-corrected chi connectivity index (χ0v) is 12.9. The minimum absolute atomic E-state index is 0.0589. The first kappa shape index (κ1) is 17.4. The van der Waals surface area contributed by atoms with Gasteiger partial charge in [-0.05, 0) is 17.8 Å². The summed E-state index contributed by atoms with van der Waals surface area (Å²) in [5.74, 6) is 0.353. The SMILES string of the molecule is CCCCCC(C)(C)CNC(=O)C(CN)C(C)C. The fourth-order valence-electron chi connectivity index (χ4n) is 2.08. The first-order valence-corrected chi connectivity index (χ1v) is 7.32. The van der Waals surface area contributed by atoms with E-state index in [4.69, 9.17) is 5.73 Å². The van der Waals surface area contributed by atoms with E-state index in [0.717, 1.165) is 13.0 Å². The Morgan fingerprint density at radius 2 is 1.89 bits per heavy atom. The van der Waals surface area contributed by atoms with E-state index in [9.17, 15) is 4.79 Å². The van der Waals surface area contributed by atoms with Crippen LogP contribution in [0.4, 0.5) is 0 Å². The molecule has 0 saturated heterocycles. The minimum Gasteiger partial charge on any atom is -0.355 e. The summed E-state index contributed by atoms with van der Waals surface area (Å²) in [7, 11) is 0. The molecule has 0 aliphatic heterocycles. The third-order valence-corrected chi connectivity index (χ3v) is 3.59. The minimum atomic E-state index is -0.0589. The molecular formula is C15H32N2O. The highest BCUT2D eigenvalue weighted by atomic mass is 16.1. The van der Waals surface area contributed by atoms with Crippen LogP contribution in [0.1, 0.15) is 60.3 Å². The Morgan fingerprint density at radius 3 is 2.33 bits per heavy atom. The largest absolute Gasteiger partial charge is 0.355 e. The Labute approximate surface area is 113 Å². The first-order valence-electron chi connectivity index (χ1n) is 7.32. The van der Waals surface area contributed by atoms with Gasteiger partial charge in [-0.3, -0.25) is 4.79 Å². The zero-order chi connectivity index (χ0) is 14.2. The van der Waals surface area contributed by atoms with Crippen molar-refractivity contribution < 1.29 is 4.79 Å². The molecule has 0 spiro atoms. The molecule has 0 aliphatic rings. The second-order valence-electron chi connectivity index (χ2n) is 6.43. The van der Waals surface area contributed by atoms with Crippen molar-refractivity contribution in [2.45, 2.75) is 60.3 Å². The van der Waals surface area contributed by atoms with E-state index in [-0.39, 0.29) is 17.2 Å². The highest BCUT2D eigenvalue weighted by molar-refractivity contribution is 5.79. The van der Waals surface area contributed by atoms with Crippen LogP contribution in [0.25, 0.3) is 0 Å². The number of carbonyl (C=O) groups is 1. The maximum atomic E-state index is 12.0. The van der Waals surface area contributed by atoms with Crippen LogP contribution in [0.3, 0.4) is 0 Å². The lowest BCUT2D eigenvalue weighted by molar-refractivity contribution is -0.126. The molecule has 0 rings (SSSR count). The molecule has 0 bridgehead atoms. The molecule has 0 saturated carbocycles. The summed E-state index contributed by atoms with van der Waals surface area (Å²) in [6.45, 7) is 11.9. The van der Waals surface area contributed by atoms with Gasteiger partial charge in [0.2, 0.25) is 5.91 Å². The van der Waals surface area contributed by atoms with Crippen molar-refractivity contribution in [3.8, 4) is 0 Å².